The van der Waals surface area contributed by atoms with Gasteiger partial charge in [0.05, 0.1) is 13.5 Å². The second-order valence-corrected chi connectivity index (χ2v) is 6.42. The molecule has 0 N–H and O–H groups in total. The van der Waals surface area contributed by atoms with Crippen LogP contribution in [-0.2, 0) is 20.9 Å². The molecule has 0 aliphatic carbocycles. The number of esters is 1. The maximum absolute atomic E-state index is 12.7. The Morgan fingerprint density at radius 2 is 1.56 bits per heavy atom. The number of rotatable bonds is 9. The van der Waals surface area contributed by atoms with Crippen molar-refractivity contribution in [3.05, 3.63) is 71.3 Å². The standard InChI is InChI=1S/C22H25NO4/c1-17-8-10-18(11-9-17)16-23(15-14-22(26)27-2)21(25)13-12-20(24)19-6-4-3-5-7-19/h3-11H,12-16H2,1-2H3. The minimum Gasteiger partial charge on any atom is -0.469 e. The molecule has 5 nitrogen and oxygen atoms in total. The number of amides is 1. The summed E-state index contributed by atoms with van der Waals surface area (Å²) in [6.45, 7) is 2.66. The molecule has 0 unspecified atom stereocenters. The van der Waals surface area contributed by atoms with Gasteiger partial charge in [-0.2, -0.15) is 0 Å². The molecule has 5 heteroatoms. The van der Waals surface area contributed by atoms with Crippen LogP contribution in [0.4, 0.5) is 0 Å². The molecule has 0 saturated heterocycles. The predicted octanol–water partition coefficient (Wildman–Crippen LogP) is 3.55. The summed E-state index contributed by atoms with van der Waals surface area (Å²) in [7, 11) is 1.33. The van der Waals surface area contributed by atoms with E-state index in [0.29, 0.717) is 12.1 Å². The van der Waals surface area contributed by atoms with Crippen LogP contribution in [0.1, 0.15) is 40.7 Å². The van der Waals surface area contributed by atoms with Gasteiger partial charge < -0.3 is 9.64 Å². The van der Waals surface area contributed by atoms with Gasteiger partial charge in [0.25, 0.3) is 0 Å². The molecule has 0 heterocycles. The minimum atomic E-state index is -0.364. The van der Waals surface area contributed by atoms with Crippen molar-refractivity contribution in [2.45, 2.75) is 32.7 Å². The Morgan fingerprint density at radius 1 is 0.889 bits per heavy atom. The average Bonchev–Trinajstić information content (AvgIpc) is 2.70. The second kappa shape index (κ2) is 10.3. The van der Waals surface area contributed by atoms with E-state index in [1.54, 1.807) is 29.2 Å². The van der Waals surface area contributed by atoms with Crippen LogP contribution in [0.5, 0.6) is 0 Å². The van der Waals surface area contributed by atoms with Crippen LogP contribution in [-0.4, -0.2) is 36.2 Å². The molecule has 0 aromatic heterocycles. The Kier molecular flexibility index (Phi) is 7.74. The topological polar surface area (TPSA) is 63.7 Å². The number of ether oxygens (including phenoxy) is 1. The van der Waals surface area contributed by atoms with Crippen LogP contribution in [0.25, 0.3) is 0 Å². The SMILES string of the molecule is COC(=O)CCN(Cc1ccc(C)cc1)C(=O)CCC(=O)c1ccccc1. The number of hydrogen-bond donors (Lipinski definition) is 0. The van der Waals surface area contributed by atoms with Crippen molar-refractivity contribution >= 4 is 17.7 Å². The molecule has 2 aromatic carbocycles. The first kappa shape index (κ1) is 20.4. The number of carbonyl (C=O) groups is 3. The first-order chi connectivity index (χ1) is 13.0. The highest BCUT2D eigenvalue weighted by Crippen LogP contribution is 2.12. The summed E-state index contributed by atoms with van der Waals surface area (Å²) in [6, 6.07) is 16.8. The molecule has 0 radical (unpaired) electrons. The molecule has 0 atom stereocenters. The summed E-state index contributed by atoms with van der Waals surface area (Å²) in [5.41, 5.74) is 2.72. The van der Waals surface area contributed by atoms with Gasteiger partial charge in [0.15, 0.2) is 5.78 Å². The zero-order valence-electron chi connectivity index (χ0n) is 15.8. The van der Waals surface area contributed by atoms with E-state index < -0.39 is 0 Å². The summed E-state index contributed by atoms with van der Waals surface area (Å²) in [5, 5.41) is 0. The van der Waals surface area contributed by atoms with Crippen molar-refractivity contribution in [2.24, 2.45) is 0 Å². The molecule has 0 spiro atoms. The van der Waals surface area contributed by atoms with E-state index in [9.17, 15) is 14.4 Å². The Morgan fingerprint density at radius 3 is 2.19 bits per heavy atom. The number of aryl methyl sites for hydroxylation is 1. The van der Waals surface area contributed by atoms with Crippen molar-refractivity contribution in [1.29, 1.82) is 0 Å². The van der Waals surface area contributed by atoms with Crippen molar-refractivity contribution in [3.8, 4) is 0 Å². The van der Waals surface area contributed by atoms with E-state index in [1.807, 2.05) is 37.3 Å². The monoisotopic (exact) mass is 367 g/mol. The molecular weight excluding hydrogens is 342 g/mol. The predicted molar refractivity (Wildman–Crippen MR) is 103 cm³/mol. The highest BCUT2D eigenvalue weighted by Gasteiger charge is 2.17. The van der Waals surface area contributed by atoms with Gasteiger partial charge in [-0.15, -0.1) is 0 Å². The van der Waals surface area contributed by atoms with Gasteiger partial charge in [-0.3, -0.25) is 14.4 Å². The smallest absolute Gasteiger partial charge is 0.307 e. The largest absolute Gasteiger partial charge is 0.469 e. The van der Waals surface area contributed by atoms with E-state index >= 15 is 0 Å². The van der Waals surface area contributed by atoms with E-state index in [1.165, 1.54) is 7.11 Å². The number of benzene rings is 2. The maximum Gasteiger partial charge on any atom is 0.307 e. The summed E-state index contributed by atoms with van der Waals surface area (Å²) in [5.74, 6) is -0.576. The lowest BCUT2D eigenvalue weighted by molar-refractivity contribution is -0.142. The Labute approximate surface area is 159 Å². The van der Waals surface area contributed by atoms with Crippen molar-refractivity contribution in [1.82, 2.24) is 4.90 Å². The molecular formula is C22H25NO4. The normalized spacial score (nSPS) is 10.3. The summed E-state index contributed by atoms with van der Waals surface area (Å²) in [4.78, 5) is 38.0. The van der Waals surface area contributed by atoms with E-state index in [-0.39, 0.29) is 43.5 Å². The van der Waals surface area contributed by atoms with Crippen LogP contribution in [0.15, 0.2) is 54.6 Å². The molecule has 27 heavy (non-hydrogen) atoms. The summed E-state index contributed by atoms with van der Waals surface area (Å²) < 4.78 is 4.67. The summed E-state index contributed by atoms with van der Waals surface area (Å²) in [6.07, 6.45) is 0.382. The van der Waals surface area contributed by atoms with Crippen LogP contribution in [0.2, 0.25) is 0 Å². The molecule has 2 aromatic rings. The fraction of sp³-hybridized carbons (Fsp3) is 0.318. The zero-order chi connectivity index (χ0) is 19.6. The first-order valence-corrected chi connectivity index (χ1v) is 8.98. The molecule has 142 valence electrons. The number of methoxy groups -OCH3 is 1. The third kappa shape index (κ3) is 6.70. The van der Waals surface area contributed by atoms with Gasteiger partial charge in [0.1, 0.15) is 0 Å². The number of hydrogen-bond acceptors (Lipinski definition) is 4. The van der Waals surface area contributed by atoms with Gasteiger partial charge in [0, 0.05) is 31.5 Å². The Bertz CT molecular complexity index is 769. The van der Waals surface area contributed by atoms with Crippen molar-refractivity contribution in [3.63, 3.8) is 0 Å². The fourth-order valence-corrected chi connectivity index (χ4v) is 2.68. The Balaban J connectivity index is 1.99. The number of carbonyl (C=O) groups excluding carboxylic acids is 3. The van der Waals surface area contributed by atoms with Gasteiger partial charge in [-0.05, 0) is 12.5 Å². The summed E-state index contributed by atoms with van der Waals surface area (Å²) >= 11 is 0. The third-order valence-electron chi connectivity index (χ3n) is 4.32. The van der Waals surface area contributed by atoms with E-state index in [2.05, 4.69) is 4.74 Å². The molecule has 0 bridgehead atoms. The van der Waals surface area contributed by atoms with Gasteiger partial charge in [-0.1, -0.05) is 60.2 Å². The molecule has 2 rings (SSSR count). The quantitative estimate of drug-likeness (QED) is 0.502. The zero-order valence-corrected chi connectivity index (χ0v) is 15.8. The lowest BCUT2D eigenvalue weighted by atomic mass is 10.1. The lowest BCUT2D eigenvalue weighted by Gasteiger charge is -2.22. The molecule has 0 aliphatic heterocycles. The number of Topliss-reactive ketones (excluding diaryl/α,β-unsaturated/α-hetero) is 1. The lowest BCUT2D eigenvalue weighted by Crippen LogP contribution is -2.33. The highest BCUT2D eigenvalue weighted by atomic mass is 16.5. The van der Waals surface area contributed by atoms with Crippen LogP contribution >= 0.6 is 0 Å². The van der Waals surface area contributed by atoms with Gasteiger partial charge in [-0.25, -0.2) is 0 Å². The molecule has 0 aliphatic rings. The van der Waals surface area contributed by atoms with Crippen molar-refractivity contribution in [2.75, 3.05) is 13.7 Å². The minimum absolute atomic E-state index is 0.0628. The maximum atomic E-state index is 12.7. The first-order valence-electron chi connectivity index (χ1n) is 8.98. The number of nitrogens with zero attached hydrogens (tertiary/aromatic N) is 1. The van der Waals surface area contributed by atoms with Gasteiger partial charge >= 0.3 is 5.97 Å². The number of ketones is 1. The third-order valence-corrected chi connectivity index (χ3v) is 4.32. The van der Waals surface area contributed by atoms with E-state index in [0.717, 1.165) is 11.1 Å². The molecule has 0 saturated carbocycles. The van der Waals surface area contributed by atoms with Crippen molar-refractivity contribution < 1.29 is 19.1 Å². The molecule has 0 fully saturated rings. The highest BCUT2D eigenvalue weighted by molar-refractivity contribution is 5.97. The molecule has 1 amide bonds. The second-order valence-electron chi connectivity index (χ2n) is 6.42. The van der Waals surface area contributed by atoms with Crippen LogP contribution in [0, 0.1) is 6.92 Å². The van der Waals surface area contributed by atoms with Gasteiger partial charge in [0.2, 0.25) is 5.91 Å². The average molecular weight is 367 g/mol. The Hall–Kier alpha value is -2.95. The van der Waals surface area contributed by atoms with Crippen LogP contribution < -0.4 is 0 Å². The fourth-order valence-electron chi connectivity index (χ4n) is 2.68. The van der Waals surface area contributed by atoms with Crippen LogP contribution in [0.3, 0.4) is 0 Å². The van der Waals surface area contributed by atoms with E-state index in [4.69, 9.17) is 0 Å².